The number of nitrogens with zero attached hydrogens (tertiary/aromatic N) is 1. The fourth-order valence-electron chi connectivity index (χ4n) is 1.53. The van der Waals surface area contributed by atoms with E-state index < -0.39 is 6.17 Å². The lowest BCUT2D eigenvalue weighted by Crippen LogP contribution is -2.47. The highest BCUT2D eigenvalue weighted by Gasteiger charge is 2.25. The minimum absolute atomic E-state index is 0.227. The van der Waals surface area contributed by atoms with Crippen LogP contribution in [-0.2, 0) is 6.54 Å². The summed E-state index contributed by atoms with van der Waals surface area (Å²) in [5.41, 5.74) is 0.909. The molecule has 0 radical (unpaired) electrons. The number of hydrogen-bond acceptors (Lipinski definition) is 1. The molecular formula is C10H11F2N. The van der Waals surface area contributed by atoms with Crippen LogP contribution in [0.15, 0.2) is 24.3 Å². The number of halogens is 2. The zero-order valence-corrected chi connectivity index (χ0v) is 7.21. The van der Waals surface area contributed by atoms with Crippen molar-refractivity contribution in [3.05, 3.63) is 35.6 Å². The second-order valence-electron chi connectivity index (χ2n) is 3.42. The van der Waals surface area contributed by atoms with Crippen LogP contribution < -0.4 is 0 Å². The topological polar surface area (TPSA) is 3.24 Å². The number of rotatable bonds is 2. The Morgan fingerprint density at radius 1 is 1.38 bits per heavy atom. The maximum Gasteiger partial charge on any atom is 0.125 e. The maximum atomic E-state index is 12.7. The third-order valence-corrected chi connectivity index (χ3v) is 2.21. The Hall–Kier alpha value is -0.960. The quantitative estimate of drug-likeness (QED) is 0.677. The van der Waals surface area contributed by atoms with Crippen molar-refractivity contribution in [1.82, 2.24) is 4.90 Å². The minimum atomic E-state index is -0.687. The van der Waals surface area contributed by atoms with Gasteiger partial charge in [0, 0.05) is 19.6 Å². The standard InChI is InChI=1S/C10H11F2N/c11-9-3-1-2-8(4-9)5-13-6-10(12)7-13/h1-4,10H,5-7H2. The summed E-state index contributed by atoms with van der Waals surface area (Å²) in [7, 11) is 0. The smallest absolute Gasteiger partial charge is 0.125 e. The third-order valence-electron chi connectivity index (χ3n) is 2.21. The maximum absolute atomic E-state index is 12.7. The molecule has 0 aromatic heterocycles. The van der Waals surface area contributed by atoms with Gasteiger partial charge in [0.25, 0.3) is 0 Å². The van der Waals surface area contributed by atoms with Gasteiger partial charge in [0.2, 0.25) is 0 Å². The van der Waals surface area contributed by atoms with Gasteiger partial charge in [0.15, 0.2) is 0 Å². The molecule has 0 unspecified atom stereocenters. The predicted molar refractivity (Wildman–Crippen MR) is 46.6 cm³/mol. The minimum Gasteiger partial charge on any atom is -0.293 e. The molecule has 1 nitrogen and oxygen atoms in total. The highest BCUT2D eigenvalue weighted by atomic mass is 19.1. The van der Waals surface area contributed by atoms with Crippen molar-refractivity contribution in [1.29, 1.82) is 0 Å². The Kier molecular flexibility index (Phi) is 2.27. The molecule has 1 aliphatic rings. The summed E-state index contributed by atoms with van der Waals surface area (Å²) in [5.74, 6) is -0.227. The van der Waals surface area contributed by atoms with Gasteiger partial charge in [0.1, 0.15) is 12.0 Å². The first-order chi connectivity index (χ1) is 6.24. The molecule has 3 heteroatoms. The van der Waals surface area contributed by atoms with Crippen LogP contribution in [0.3, 0.4) is 0 Å². The lowest BCUT2D eigenvalue weighted by atomic mass is 10.1. The molecule has 0 amide bonds. The molecule has 0 spiro atoms. The number of hydrogen-bond donors (Lipinski definition) is 0. The van der Waals surface area contributed by atoms with Crippen LogP contribution in [0, 0.1) is 5.82 Å². The van der Waals surface area contributed by atoms with E-state index >= 15 is 0 Å². The molecule has 2 rings (SSSR count). The zero-order valence-electron chi connectivity index (χ0n) is 7.21. The van der Waals surface area contributed by atoms with Crippen molar-refractivity contribution in [2.24, 2.45) is 0 Å². The van der Waals surface area contributed by atoms with Gasteiger partial charge in [-0.25, -0.2) is 8.78 Å². The van der Waals surface area contributed by atoms with Crippen molar-refractivity contribution < 1.29 is 8.78 Å². The summed E-state index contributed by atoms with van der Waals surface area (Å²) >= 11 is 0. The molecule has 0 atom stereocenters. The van der Waals surface area contributed by atoms with E-state index in [4.69, 9.17) is 0 Å². The van der Waals surface area contributed by atoms with E-state index in [1.54, 1.807) is 6.07 Å². The van der Waals surface area contributed by atoms with Gasteiger partial charge in [-0.2, -0.15) is 0 Å². The van der Waals surface area contributed by atoms with Crippen molar-refractivity contribution in [3.8, 4) is 0 Å². The molecule has 0 bridgehead atoms. The average molecular weight is 183 g/mol. The predicted octanol–water partition coefficient (Wildman–Crippen LogP) is 1.98. The van der Waals surface area contributed by atoms with Crippen LogP contribution in [0.2, 0.25) is 0 Å². The fraction of sp³-hybridized carbons (Fsp3) is 0.400. The lowest BCUT2D eigenvalue weighted by molar-refractivity contribution is 0.0590. The Balaban J connectivity index is 1.94. The zero-order chi connectivity index (χ0) is 9.26. The molecule has 1 aromatic carbocycles. The van der Waals surface area contributed by atoms with E-state index in [9.17, 15) is 8.78 Å². The average Bonchev–Trinajstić information content (AvgIpc) is 2.01. The van der Waals surface area contributed by atoms with E-state index in [-0.39, 0.29) is 5.82 Å². The monoisotopic (exact) mass is 183 g/mol. The van der Waals surface area contributed by atoms with Crippen LogP contribution in [0.25, 0.3) is 0 Å². The van der Waals surface area contributed by atoms with E-state index in [0.29, 0.717) is 19.6 Å². The van der Waals surface area contributed by atoms with Gasteiger partial charge in [0.05, 0.1) is 0 Å². The first kappa shape index (κ1) is 8.63. The summed E-state index contributed by atoms with van der Waals surface area (Å²) in [6.07, 6.45) is -0.687. The van der Waals surface area contributed by atoms with Crippen molar-refractivity contribution in [2.45, 2.75) is 12.7 Å². The van der Waals surface area contributed by atoms with Gasteiger partial charge >= 0.3 is 0 Å². The highest BCUT2D eigenvalue weighted by molar-refractivity contribution is 5.16. The van der Waals surface area contributed by atoms with Crippen LogP contribution in [-0.4, -0.2) is 24.2 Å². The second-order valence-corrected chi connectivity index (χ2v) is 3.42. The molecule has 0 N–H and O–H groups in total. The molecule has 1 fully saturated rings. The van der Waals surface area contributed by atoms with Crippen LogP contribution in [0.4, 0.5) is 8.78 Å². The number of benzene rings is 1. The van der Waals surface area contributed by atoms with Gasteiger partial charge in [-0.1, -0.05) is 12.1 Å². The van der Waals surface area contributed by atoms with Gasteiger partial charge in [-0.05, 0) is 17.7 Å². The van der Waals surface area contributed by atoms with Crippen LogP contribution in [0.5, 0.6) is 0 Å². The molecule has 1 saturated heterocycles. The van der Waals surface area contributed by atoms with E-state index in [1.807, 2.05) is 11.0 Å². The van der Waals surface area contributed by atoms with E-state index in [2.05, 4.69) is 0 Å². The Labute approximate surface area is 76.0 Å². The Morgan fingerprint density at radius 2 is 2.15 bits per heavy atom. The van der Waals surface area contributed by atoms with Crippen molar-refractivity contribution >= 4 is 0 Å². The first-order valence-corrected chi connectivity index (χ1v) is 4.35. The summed E-state index contributed by atoms with van der Waals surface area (Å²) in [4.78, 5) is 1.96. The van der Waals surface area contributed by atoms with Crippen LogP contribution >= 0.6 is 0 Å². The number of alkyl halides is 1. The molecule has 0 aliphatic carbocycles. The molecule has 0 saturated carbocycles. The first-order valence-electron chi connectivity index (χ1n) is 4.35. The summed E-state index contributed by atoms with van der Waals surface area (Å²) in [5, 5.41) is 0. The fourth-order valence-corrected chi connectivity index (χ4v) is 1.53. The molecule has 1 aromatic rings. The third kappa shape index (κ3) is 2.04. The van der Waals surface area contributed by atoms with Crippen molar-refractivity contribution in [3.63, 3.8) is 0 Å². The van der Waals surface area contributed by atoms with Gasteiger partial charge in [-0.15, -0.1) is 0 Å². The summed E-state index contributed by atoms with van der Waals surface area (Å²) in [6.45, 7) is 1.62. The molecule has 13 heavy (non-hydrogen) atoms. The van der Waals surface area contributed by atoms with Crippen molar-refractivity contribution in [2.75, 3.05) is 13.1 Å². The van der Waals surface area contributed by atoms with E-state index in [0.717, 1.165) is 5.56 Å². The molecular weight excluding hydrogens is 172 g/mol. The Morgan fingerprint density at radius 3 is 2.77 bits per heavy atom. The van der Waals surface area contributed by atoms with Gasteiger partial charge < -0.3 is 0 Å². The molecule has 70 valence electrons. The van der Waals surface area contributed by atoms with Gasteiger partial charge in [-0.3, -0.25) is 4.90 Å². The Bertz CT molecular complexity index is 295. The molecule has 1 heterocycles. The van der Waals surface area contributed by atoms with Crippen LogP contribution in [0.1, 0.15) is 5.56 Å². The summed E-state index contributed by atoms with van der Waals surface area (Å²) < 4.78 is 25.2. The molecule has 1 aliphatic heterocycles. The number of likely N-dealkylation sites (tertiary alicyclic amines) is 1. The lowest BCUT2D eigenvalue weighted by Gasteiger charge is -2.34. The SMILES string of the molecule is Fc1cccc(CN2CC(F)C2)c1. The second kappa shape index (κ2) is 3.42. The largest absolute Gasteiger partial charge is 0.293 e. The van der Waals surface area contributed by atoms with E-state index in [1.165, 1.54) is 12.1 Å². The normalized spacial score (nSPS) is 18.6. The summed E-state index contributed by atoms with van der Waals surface area (Å²) in [6, 6.07) is 6.44. The highest BCUT2D eigenvalue weighted by Crippen LogP contribution is 2.15.